The van der Waals surface area contributed by atoms with Gasteiger partial charge < -0.3 is 35.4 Å². The molecule has 0 unspecified atom stereocenters. The lowest BCUT2D eigenvalue weighted by Crippen LogP contribution is -2.28. The fourth-order valence-corrected chi connectivity index (χ4v) is 2.14. The first-order valence-corrected chi connectivity index (χ1v) is 7.53. The zero-order valence-electron chi connectivity index (χ0n) is 13.5. The number of aromatic hydroxyl groups is 4. The average Bonchev–Trinajstić information content (AvgIpc) is 2.62. The Balaban J connectivity index is 2.05. The SMILES string of the molecule is O=C(/C=C/c1ccc(O)c(O)c1)O[C@@H](CO)[C@@H](O)c1ccc(O)c(O)c1. The molecule has 0 aromatic heterocycles. The molecule has 0 bridgehead atoms. The molecular formula is C18H18O8. The second-order valence-electron chi connectivity index (χ2n) is 5.43. The summed E-state index contributed by atoms with van der Waals surface area (Å²) in [6.45, 7) is -0.678. The fraction of sp³-hybridized carbons (Fsp3) is 0.167. The maximum absolute atomic E-state index is 11.9. The van der Waals surface area contributed by atoms with Crippen molar-refractivity contribution in [2.24, 2.45) is 0 Å². The predicted molar refractivity (Wildman–Crippen MR) is 90.5 cm³/mol. The summed E-state index contributed by atoms with van der Waals surface area (Å²) < 4.78 is 4.98. The molecule has 0 heterocycles. The van der Waals surface area contributed by atoms with Crippen molar-refractivity contribution in [2.45, 2.75) is 12.2 Å². The van der Waals surface area contributed by atoms with E-state index in [1.807, 2.05) is 0 Å². The van der Waals surface area contributed by atoms with Gasteiger partial charge in [0, 0.05) is 6.08 Å². The Bertz CT molecular complexity index is 815. The van der Waals surface area contributed by atoms with Crippen LogP contribution < -0.4 is 0 Å². The molecule has 8 nitrogen and oxygen atoms in total. The van der Waals surface area contributed by atoms with Crippen LogP contribution in [0.1, 0.15) is 17.2 Å². The number of hydrogen-bond acceptors (Lipinski definition) is 8. The fourth-order valence-electron chi connectivity index (χ4n) is 2.14. The van der Waals surface area contributed by atoms with Crippen molar-refractivity contribution in [1.82, 2.24) is 0 Å². The minimum atomic E-state index is -1.43. The van der Waals surface area contributed by atoms with Crippen LogP contribution in [0.5, 0.6) is 23.0 Å². The van der Waals surface area contributed by atoms with E-state index in [2.05, 4.69) is 0 Å². The van der Waals surface area contributed by atoms with E-state index in [-0.39, 0.29) is 22.8 Å². The molecule has 138 valence electrons. The molecule has 8 heteroatoms. The predicted octanol–water partition coefficient (Wildman–Crippen LogP) is 1.16. The molecule has 0 saturated carbocycles. The smallest absolute Gasteiger partial charge is 0.331 e. The molecule has 0 radical (unpaired) electrons. The molecule has 2 atom stereocenters. The number of phenolic OH excluding ortho intramolecular Hbond substituents is 4. The first-order chi connectivity index (χ1) is 12.3. The van der Waals surface area contributed by atoms with E-state index < -0.39 is 30.5 Å². The van der Waals surface area contributed by atoms with Crippen molar-refractivity contribution in [3.05, 3.63) is 53.6 Å². The van der Waals surface area contributed by atoms with Gasteiger partial charge >= 0.3 is 5.97 Å². The largest absolute Gasteiger partial charge is 0.504 e. The third kappa shape index (κ3) is 4.65. The summed E-state index contributed by atoms with van der Waals surface area (Å²) in [5.74, 6) is -2.35. The van der Waals surface area contributed by atoms with E-state index in [1.54, 1.807) is 0 Å². The van der Waals surface area contributed by atoms with Crippen LogP contribution in [-0.4, -0.2) is 49.3 Å². The number of ether oxygens (including phenoxy) is 1. The number of carbonyl (C=O) groups excluding carboxylic acids is 1. The molecule has 0 aliphatic carbocycles. The van der Waals surface area contributed by atoms with Gasteiger partial charge in [0.15, 0.2) is 29.1 Å². The van der Waals surface area contributed by atoms with Gasteiger partial charge in [-0.05, 0) is 41.5 Å². The van der Waals surface area contributed by atoms with Crippen molar-refractivity contribution in [1.29, 1.82) is 0 Å². The van der Waals surface area contributed by atoms with Crippen LogP contribution in [0.4, 0.5) is 0 Å². The maximum Gasteiger partial charge on any atom is 0.331 e. The molecular weight excluding hydrogens is 344 g/mol. The molecule has 0 saturated heterocycles. The monoisotopic (exact) mass is 362 g/mol. The van der Waals surface area contributed by atoms with Crippen LogP contribution in [0.25, 0.3) is 6.08 Å². The summed E-state index contributed by atoms with van der Waals surface area (Å²) in [4.78, 5) is 11.9. The summed E-state index contributed by atoms with van der Waals surface area (Å²) in [5, 5.41) is 56.9. The zero-order valence-corrected chi connectivity index (χ0v) is 13.5. The zero-order chi connectivity index (χ0) is 19.3. The minimum absolute atomic E-state index is 0.139. The van der Waals surface area contributed by atoms with E-state index in [1.165, 1.54) is 30.3 Å². The molecule has 2 aromatic carbocycles. The topological polar surface area (TPSA) is 148 Å². The molecule has 0 aliphatic heterocycles. The van der Waals surface area contributed by atoms with E-state index in [4.69, 9.17) is 4.74 Å². The van der Waals surface area contributed by atoms with Gasteiger partial charge in [0.1, 0.15) is 6.10 Å². The van der Waals surface area contributed by atoms with E-state index in [0.717, 1.165) is 18.2 Å². The Morgan fingerprint density at radius 1 is 0.962 bits per heavy atom. The number of hydrogen-bond donors (Lipinski definition) is 6. The molecule has 0 aliphatic rings. The Morgan fingerprint density at radius 2 is 1.58 bits per heavy atom. The first-order valence-electron chi connectivity index (χ1n) is 7.53. The third-order valence-electron chi connectivity index (χ3n) is 3.55. The van der Waals surface area contributed by atoms with Crippen LogP contribution >= 0.6 is 0 Å². The highest BCUT2D eigenvalue weighted by Crippen LogP contribution is 2.30. The van der Waals surface area contributed by atoms with Crippen LogP contribution in [0.2, 0.25) is 0 Å². The van der Waals surface area contributed by atoms with Crippen molar-refractivity contribution in [3.8, 4) is 23.0 Å². The van der Waals surface area contributed by atoms with Crippen LogP contribution in [0.15, 0.2) is 42.5 Å². The standard InChI is InChI=1S/C18H18O8/c19-9-16(18(25)11-3-5-13(21)15(23)8-11)26-17(24)6-2-10-1-4-12(20)14(22)7-10/h1-8,16,18-23,25H,9H2/b6-2+/t16-,18-/m0/s1. The Labute approximate surface area is 148 Å². The van der Waals surface area contributed by atoms with E-state index in [9.17, 15) is 35.4 Å². The first kappa shape index (κ1) is 19.1. The van der Waals surface area contributed by atoms with E-state index >= 15 is 0 Å². The number of carbonyl (C=O) groups is 1. The lowest BCUT2D eigenvalue weighted by Gasteiger charge is -2.21. The van der Waals surface area contributed by atoms with Gasteiger partial charge in [-0.25, -0.2) is 4.79 Å². The molecule has 0 fully saturated rings. The Kier molecular flexibility index (Phi) is 6.05. The molecule has 0 amide bonds. The molecule has 26 heavy (non-hydrogen) atoms. The highest BCUT2D eigenvalue weighted by atomic mass is 16.6. The lowest BCUT2D eigenvalue weighted by atomic mass is 10.0. The summed E-state index contributed by atoms with van der Waals surface area (Å²) in [5.41, 5.74) is 0.557. The quantitative estimate of drug-likeness (QED) is 0.255. The average molecular weight is 362 g/mol. The summed E-state index contributed by atoms with van der Waals surface area (Å²) >= 11 is 0. The van der Waals surface area contributed by atoms with Crippen LogP contribution in [0, 0.1) is 0 Å². The maximum atomic E-state index is 11.9. The highest BCUT2D eigenvalue weighted by Gasteiger charge is 2.24. The number of aliphatic hydroxyl groups excluding tert-OH is 2. The summed E-state index contributed by atoms with van der Waals surface area (Å²) in [6, 6.07) is 7.49. The Hall–Kier alpha value is -3.23. The molecule has 6 N–H and O–H groups in total. The highest BCUT2D eigenvalue weighted by molar-refractivity contribution is 5.87. The van der Waals surface area contributed by atoms with Crippen LogP contribution in [0.3, 0.4) is 0 Å². The van der Waals surface area contributed by atoms with Gasteiger partial charge in [-0.3, -0.25) is 0 Å². The van der Waals surface area contributed by atoms with Crippen molar-refractivity contribution >= 4 is 12.0 Å². The number of aliphatic hydroxyl groups is 2. The normalized spacial score (nSPS) is 13.5. The van der Waals surface area contributed by atoms with Gasteiger partial charge in [0.25, 0.3) is 0 Å². The van der Waals surface area contributed by atoms with Gasteiger partial charge in [0.2, 0.25) is 0 Å². The number of benzene rings is 2. The number of esters is 1. The second kappa shape index (κ2) is 8.24. The number of rotatable bonds is 6. The minimum Gasteiger partial charge on any atom is -0.504 e. The molecule has 0 spiro atoms. The Morgan fingerprint density at radius 3 is 2.15 bits per heavy atom. The van der Waals surface area contributed by atoms with Gasteiger partial charge in [-0.2, -0.15) is 0 Å². The van der Waals surface area contributed by atoms with Crippen molar-refractivity contribution in [3.63, 3.8) is 0 Å². The summed E-state index contributed by atoms with van der Waals surface area (Å²) in [6.07, 6.45) is -0.393. The second-order valence-corrected chi connectivity index (χ2v) is 5.43. The molecule has 2 rings (SSSR count). The third-order valence-corrected chi connectivity index (χ3v) is 3.55. The van der Waals surface area contributed by atoms with Gasteiger partial charge in [-0.1, -0.05) is 12.1 Å². The van der Waals surface area contributed by atoms with Crippen LogP contribution in [-0.2, 0) is 9.53 Å². The van der Waals surface area contributed by atoms with Crippen molar-refractivity contribution < 1.29 is 40.2 Å². The molecule has 2 aromatic rings. The summed E-state index contributed by atoms with van der Waals surface area (Å²) in [7, 11) is 0. The van der Waals surface area contributed by atoms with Gasteiger partial charge in [0.05, 0.1) is 6.61 Å². The van der Waals surface area contributed by atoms with Crippen molar-refractivity contribution in [2.75, 3.05) is 6.61 Å². The van der Waals surface area contributed by atoms with Gasteiger partial charge in [-0.15, -0.1) is 0 Å². The van der Waals surface area contributed by atoms with E-state index in [0.29, 0.717) is 5.56 Å². The number of phenols is 4. The lowest BCUT2D eigenvalue weighted by molar-refractivity contribution is -0.152.